The highest BCUT2D eigenvalue weighted by molar-refractivity contribution is 14.0. The van der Waals surface area contributed by atoms with Gasteiger partial charge in [0.2, 0.25) is 0 Å². The van der Waals surface area contributed by atoms with E-state index in [9.17, 15) is 0 Å². The van der Waals surface area contributed by atoms with E-state index < -0.39 is 0 Å². The number of rotatable bonds is 6. The maximum atomic E-state index is 5.44. The van der Waals surface area contributed by atoms with E-state index in [2.05, 4.69) is 53.4 Å². The molecule has 1 saturated heterocycles. The van der Waals surface area contributed by atoms with Crippen LogP contribution in [0.1, 0.15) is 12.0 Å². The van der Waals surface area contributed by atoms with Crippen LogP contribution in [0.3, 0.4) is 0 Å². The van der Waals surface area contributed by atoms with E-state index in [0.717, 1.165) is 44.4 Å². The summed E-state index contributed by atoms with van der Waals surface area (Å²) in [6.45, 7) is 5.81. The van der Waals surface area contributed by atoms with Crippen molar-refractivity contribution in [1.29, 1.82) is 0 Å². The molecule has 0 radical (unpaired) electrons. The Labute approximate surface area is 161 Å². The van der Waals surface area contributed by atoms with Gasteiger partial charge in [-0.05, 0) is 25.5 Å². The number of thioether (sulfide) groups is 1. The van der Waals surface area contributed by atoms with Gasteiger partial charge >= 0.3 is 0 Å². The number of hydrogen-bond donors (Lipinski definition) is 1. The van der Waals surface area contributed by atoms with Gasteiger partial charge in [-0.1, -0.05) is 17.7 Å². The molecule has 1 aromatic carbocycles. The Balaban J connectivity index is 0.00000264. The third-order valence-corrected chi connectivity index (χ3v) is 4.82. The van der Waals surface area contributed by atoms with Crippen LogP contribution < -0.4 is 5.32 Å². The maximum absolute atomic E-state index is 5.44. The molecule has 4 nitrogen and oxygen atoms in total. The average Bonchev–Trinajstić information content (AvgIpc) is 3.02. The average molecular weight is 449 g/mol. The quantitative estimate of drug-likeness (QED) is 0.238. The first-order valence-electron chi connectivity index (χ1n) is 7.88. The molecule has 0 aromatic heterocycles. The zero-order valence-electron chi connectivity index (χ0n) is 14.2. The van der Waals surface area contributed by atoms with Crippen molar-refractivity contribution in [2.24, 2.45) is 10.9 Å². The van der Waals surface area contributed by atoms with E-state index in [-0.39, 0.29) is 24.0 Å². The Morgan fingerprint density at radius 1 is 1.39 bits per heavy atom. The third-order valence-electron chi connectivity index (χ3n) is 3.80. The second kappa shape index (κ2) is 11.1. The molecule has 0 aliphatic carbocycles. The van der Waals surface area contributed by atoms with Crippen LogP contribution >= 0.6 is 35.7 Å². The van der Waals surface area contributed by atoms with E-state index >= 15 is 0 Å². The van der Waals surface area contributed by atoms with Crippen LogP contribution in [0.5, 0.6) is 0 Å². The summed E-state index contributed by atoms with van der Waals surface area (Å²) in [5.74, 6) is 2.63. The minimum atomic E-state index is 0. The smallest absolute Gasteiger partial charge is 0.193 e. The van der Waals surface area contributed by atoms with E-state index in [4.69, 9.17) is 4.74 Å². The molecule has 6 heteroatoms. The van der Waals surface area contributed by atoms with Crippen molar-refractivity contribution in [3.05, 3.63) is 29.8 Å². The second-order valence-corrected chi connectivity index (χ2v) is 6.91. The first-order valence-corrected chi connectivity index (χ1v) is 8.86. The molecule has 1 heterocycles. The third kappa shape index (κ3) is 7.30. The molecule has 0 saturated carbocycles. The minimum Gasteiger partial charge on any atom is -0.381 e. The van der Waals surface area contributed by atoms with Gasteiger partial charge in [-0.3, -0.25) is 4.99 Å². The summed E-state index contributed by atoms with van der Waals surface area (Å²) in [6, 6.07) is 8.68. The van der Waals surface area contributed by atoms with Crippen LogP contribution in [0.2, 0.25) is 0 Å². The molecule has 2 rings (SSSR count). The molecule has 1 aromatic rings. The summed E-state index contributed by atoms with van der Waals surface area (Å²) in [6.07, 6.45) is 1.16. The highest BCUT2D eigenvalue weighted by Crippen LogP contribution is 2.17. The molecule has 1 aliphatic rings. The van der Waals surface area contributed by atoms with Gasteiger partial charge in [0, 0.05) is 50.4 Å². The van der Waals surface area contributed by atoms with Crippen molar-refractivity contribution in [2.45, 2.75) is 18.2 Å². The summed E-state index contributed by atoms with van der Waals surface area (Å²) in [7, 11) is 3.94. The number of aryl methyl sites for hydroxylation is 1. The molecular weight excluding hydrogens is 421 g/mol. The number of benzene rings is 1. The molecule has 1 N–H and O–H groups in total. The predicted octanol–water partition coefficient (Wildman–Crippen LogP) is 3.25. The van der Waals surface area contributed by atoms with E-state index in [1.165, 1.54) is 10.5 Å². The zero-order chi connectivity index (χ0) is 15.8. The number of guanidine groups is 1. The molecule has 23 heavy (non-hydrogen) atoms. The molecular formula is C17H28IN3OS. The van der Waals surface area contributed by atoms with Gasteiger partial charge in [0.15, 0.2) is 5.96 Å². The molecule has 0 amide bonds. The Morgan fingerprint density at radius 2 is 2.13 bits per heavy atom. The summed E-state index contributed by atoms with van der Waals surface area (Å²) in [5.41, 5.74) is 1.31. The lowest BCUT2D eigenvalue weighted by molar-refractivity contribution is 0.181. The van der Waals surface area contributed by atoms with Crippen LogP contribution in [-0.2, 0) is 4.74 Å². The fourth-order valence-corrected chi connectivity index (χ4v) is 3.32. The minimum absolute atomic E-state index is 0. The lowest BCUT2D eigenvalue weighted by Gasteiger charge is -2.24. The Bertz CT molecular complexity index is 475. The number of aliphatic imine (C=N–C) groups is 1. The van der Waals surface area contributed by atoms with Crippen molar-refractivity contribution >= 4 is 41.7 Å². The molecule has 130 valence electrons. The van der Waals surface area contributed by atoms with Crippen LogP contribution in [-0.4, -0.2) is 57.0 Å². The van der Waals surface area contributed by atoms with E-state index in [0.29, 0.717) is 5.92 Å². The monoisotopic (exact) mass is 449 g/mol. The van der Waals surface area contributed by atoms with Crippen LogP contribution in [0, 0.1) is 12.8 Å². The fraction of sp³-hybridized carbons (Fsp3) is 0.588. The van der Waals surface area contributed by atoms with Crippen LogP contribution in [0.15, 0.2) is 34.2 Å². The number of hydrogen-bond acceptors (Lipinski definition) is 3. The summed E-state index contributed by atoms with van der Waals surface area (Å²) >= 11 is 1.87. The summed E-state index contributed by atoms with van der Waals surface area (Å²) < 4.78 is 5.44. The number of nitrogens with one attached hydrogen (secondary N) is 1. The molecule has 0 spiro atoms. The fourth-order valence-electron chi connectivity index (χ4n) is 2.55. The van der Waals surface area contributed by atoms with Crippen LogP contribution in [0.4, 0.5) is 0 Å². The van der Waals surface area contributed by atoms with Crippen molar-refractivity contribution in [2.75, 3.05) is 46.2 Å². The van der Waals surface area contributed by atoms with Gasteiger partial charge in [-0.15, -0.1) is 35.7 Å². The maximum Gasteiger partial charge on any atom is 0.193 e. The standard InChI is InChI=1S/C17H27N3OS.HI/c1-14-4-6-16(7-5-14)22-11-9-19-17(18-2)20(3)12-15-8-10-21-13-15;/h4-7,15H,8-13H2,1-3H3,(H,18,19);1H. The Morgan fingerprint density at radius 3 is 2.74 bits per heavy atom. The zero-order valence-corrected chi connectivity index (χ0v) is 17.4. The highest BCUT2D eigenvalue weighted by Gasteiger charge is 2.18. The Kier molecular flexibility index (Phi) is 9.97. The number of halogens is 1. The first kappa shape index (κ1) is 20.6. The topological polar surface area (TPSA) is 36.9 Å². The molecule has 0 bridgehead atoms. The molecule has 1 fully saturated rings. The summed E-state index contributed by atoms with van der Waals surface area (Å²) in [5, 5.41) is 3.44. The van der Waals surface area contributed by atoms with Gasteiger partial charge in [0.1, 0.15) is 0 Å². The molecule has 1 aliphatic heterocycles. The highest BCUT2D eigenvalue weighted by atomic mass is 127. The van der Waals surface area contributed by atoms with Crippen molar-refractivity contribution < 1.29 is 4.74 Å². The van der Waals surface area contributed by atoms with E-state index in [1.54, 1.807) is 0 Å². The van der Waals surface area contributed by atoms with E-state index in [1.807, 2.05) is 18.8 Å². The molecule has 1 unspecified atom stereocenters. The van der Waals surface area contributed by atoms with Gasteiger partial charge in [-0.25, -0.2) is 0 Å². The van der Waals surface area contributed by atoms with Gasteiger partial charge in [0.05, 0.1) is 6.61 Å². The normalized spacial score (nSPS) is 17.7. The number of nitrogens with zero attached hydrogens (tertiary/aromatic N) is 2. The van der Waals surface area contributed by atoms with Crippen LogP contribution in [0.25, 0.3) is 0 Å². The SMILES string of the molecule is CN=C(NCCSc1ccc(C)cc1)N(C)CC1CCOC1.I. The number of ether oxygens (including phenoxy) is 1. The van der Waals surface area contributed by atoms with Gasteiger partial charge < -0.3 is 15.0 Å². The second-order valence-electron chi connectivity index (χ2n) is 5.75. The van der Waals surface area contributed by atoms with Gasteiger partial charge in [0.25, 0.3) is 0 Å². The molecule has 1 atom stereocenters. The predicted molar refractivity (Wildman–Crippen MR) is 110 cm³/mol. The Hall–Kier alpha value is -0.470. The first-order chi connectivity index (χ1) is 10.7. The largest absolute Gasteiger partial charge is 0.381 e. The van der Waals surface area contributed by atoms with Gasteiger partial charge in [-0.2, -0.15) is 0 Å². The van der Waals surface area contributed by atoms with Crippen molar-refractivity contribution in [3.63, 3.8) is 0 Å². The van der Waals surface area contributed by atoms with Crippen molar-refractivity contribution in [3.8, 4) is 0 Å². The van der Waals surface area contributed by atoms with Crippen molar-refractivity contribution in [1.82, 2.24) is 10.2 Å². The summed E-state index contributed by atoms with van der Waals surface area (Å²) in [4.78, 5) is 7.89. The lowest BCUT2D eigenvalue weighted by atomic mass is 10.1. The lowest BCUT2D eigenvalue weighted by Crippen LogP contribution is -2.42.